The van der Waals surface area contributed by atoms with Gasteiger partial charge in [-0.2, -0.15) is 0 Å². The molecule has 2 aliphatic rings. The number of allylic oxidation sites excluding steroid dienone is 2. The van der Waals surface area contributed by atoms with E-state index in [0.29, 0.717) is 18.0 Å². The van der Waals surface area contributed by atoms with Crippen molar-refractivity contribution in [2.45, 2.75) is 20.3 Å². The number of aryl methyl sites for hydroxylation is 1. The Morgan fingerprint density at radius 2 is 2.17 bits per heavy atom. The number of rotatable bonds is 1. The molecule has 0 N–H and O–H groups in total. The maximum atomic E-state index is 12.4. The van der Waals surface area contributed by atoms with E-state index < -0.39 is 0 Å². The fraction of sp³-hybridized carbons (Fsp3) is 0.462. The maximum Gasteiger partial charge on any atom is 0.239 e. The van der Waals surface area contributed by atoms with E-state index >= 15 is 0 Å². The second-order valence-electron chi connectivity index (χ2n) is 4.96. The molecule has 0 unspecified atom stereocenters. The third-order valence-electron chi connectivity index (χ3n) is 3.72. The molecule has 1 saturated heterocycles. The van der Waals surface area contributed by atoms with Crippen LogP contribution >= 0.6 is 0 Å². The molecule has 94 valence electrons. The number of anilines is 1. The van der Waals surface area contributed by atoms with Crippen molar-refractivity contribution in [3.05, 3.63) is 24.0 Å². The normalized spacial score (nSPS) is 31.0. The molecule has 0 spiro atoms. The molecule has 0 aromatic carbocycles. The minimum absolute atomic E-state index is 0.0956. The van der Waals surface area contributed by atoms with Crippen LogP contribution in [0.15, 0.2) is 22.7 Å². The summed E-state index contributed by atoms with van der Waals surface area (Å²) in [6.07, 6.45) is 4.62. The Morgan fingerprint density at radius 3 is 2.78 bits per heavy atom. The first-order valence-corrected chi connectivity index (χ1v) is 6.07. The summed E-state index contributed by atoms with van der Waals surface area (Å²) in [4.78, 5) is 25.8. The van der Waals surface area contributed by atoms with Crippen LogP contribution in [0, 0.1) is 24.7 Å². The second kappa shape index (κ2) is 3.80. The van der Waals surface area contributed by atoms with Crippen molar-refractivity contribution in [2.24, 2.45) is 17.8 Å². The third kappa shape index (κ3) is 1.43. The number of carbonyl (C=O) groups excluding carboxylic acids is 2. The van der Waals surface area contributed by atoms with Crippen LogP contribution in [0.2, 0.25) is 0 Å². The molecular weight excluding hydrogens is 232 g/mol. The zero-order valence-electron chi connectivity index (χ0n) is 10.3. The molecule has 2 amide bonds. The molecular formula is C13H14N2O3. The number of imide groups is 1. The van der Waals surface area contributed by atoms with Crippen LogP contribution in [0.4, 0.5) is 5.82 Å². The minimum atomic E-state index is -0.250. The Kier molecular flexibility index (Phi) is 2.36. The summed E-state index contributed by atoms with van der Waals surface area (Å²) in [7, 11) is 0. The van der Waals surface area contributed by atoms with Crippen LogP contribution in [0.3, 0.4) is 0 Å². The lowest BCUT2D eigenvalue weighted by atomic mass is 9.78. The van der Waals surface area contributed by atoms with Gasteiger partial charge in [0.05, 0.1) is 11.8 Å². The summed E-state index contributed by atoms with van der Waals surface area (Å²) < 4.78 is 4.94. The van der Waals surface area contributed by atoms with Crippen LogP contribution in [0.5, 0.6) is 0 Å². The molecule has 5 heteroatoms. The van der Waals surface area contributed by atoms with Gasteiger partial charge in [-0.25, -0.2) is 4.90 Å². The van der Waals surface area contributed by atoms with E-state index in [1.54, 1.807) is 13.0 Å². The van der Waals surface area contributed by atoms with Gasteiger partial charge in [0.25, 0.3) is 0 Å². The first-order valence-electron chi connectivity index (χ1n) is 6.07. The van der Waals surface area contributed by atoms with Gasteiger partial charge in [0.15, 0.2) is 5.82 Å². The van der Waals surface area contributed by atoms with E-state index in [2.05, 4.69) is 5.16 Å². The zero-order valence-corrected chi connectivity index (χ0v) is 10.3. The molecule has 5 nitrogen and oxygen atoms in total. The number of hydrogen-bond acceptors (Lipinski definition) is 4. The van der Waals surface area contributed by atoms with Crippen molar-refractivity contribution in [3.63, 3.8) is 0 Å². The van der Waals surface area contributed by atoms with E-state index in [9.17, 15) is 9.59 Å². The topological polar surface area (TPSA) is 63.4 Å². The van der Waals surface area contributed by atoms with E-state index in [-0.39, 0.29) is 29.6 Å². The summed E-state index contributed by atoms with van der Waals surface area (Å²) in [5.74, 6) is 0.188. The van der Waals surface area contributed by atoms with Crippen molar-refractivity contribution in [2.75, 3.05) is 4.90 Å². The van der Waals surface area contributed by atoms with Gasteiger partial charge in [0.2, 0.25) is 11.8 Å². The smallest absolute Gasteiger partial charge is 0.239 e. The van der Waals surface area contributed by atoms with E-state index in [0.717, 1.165) is 0 Å². The predicted octanol–water partition coefficient (Wildman–Crippen LogP) is 1.68. The highest BCUT2D eigenvalue weighted by Gasteiger charge is 2.51. The molecule has 1 aliphatic heterocycles. The van der Waals surface area contributed by atoms with Crippen molar-refractivity contribution < 1.29 is 14.1 Å². The summed E-state index contributed by atoms with van der Waals surface area (Å²) >= 11 is 0. The predicted molar refractivity (Wildman–Crippen MR) is 63.6 cm³/mol. The van der Waals surface area contributed by atoms with Crippen LogP contribution in [-0.2, 0) is 9.59 Å². The number of aromatic nitrogens is 1. The SMILES string of the molecule is Cc1cc(N2C(=O)[C@@H]3[C@@H](C)C=CC[C@H]3C2=O)no1. The number of carbonyl (C=O) groups is 2. The fourth-order valence-corrected chi connectivity index (χ4v) is 2.83. The van der Waals surface area contributed by atoms with Gasteiger partial charge in [-0.15, -0.1) is 0 Å². The summed E-state index contributed by atoms with van der Waals surface area (Å²) in [6.45, 7) is 3.70. The van der Waals surface area contributed by atoms with E-state index in [1.165, 1.54) is 4.90 Å². The largest absolute Gasteiger partial charge is 0.360 e. The standard InChI is InChI=1S/C13H14N2O3/c1-7-4-3-5-9-11(7)13(17)15(12(9)16)10-6-8(2)18-14-10/h3-4,6-7,9,11H,5H2,1-2H3/t7-,9+,11+/m0/s1. The molecule has 1 aromatic heterocycles. The lowest BCUT2D eigenvalue weighted by Gasteiger charge is -2.22. The Hall–Kier alpha value is -1.91. The van der Waals surface area contributed by atoms with Crippen LogP contribution < -0.4 is 4.90 Å². The van der Waals surface area contributed by atoms with E-state index in [4.69, 9.17) is 4.52 Å². The number of nitrogens with zero attached hydrogens (tertiary/aromatic N) is 2. The van der Waals surface area contributed by atoms with Crippen LogP contribution in [-0.4, -0.2) is 17.0 Å². The quantitative estimate of drug-likeness (QED) is 0.558. The first-order chi connectivity index (χ1) is 8.59. The zero-order chi connectivity index (χ0) is 12.9. The van der Waals surface area contributed by atoms with Gasteiger partial charge >= 0.3 is 0 Å². The van der Waals surface area contributed by atoms with Gasteiger partial charge in [0, 0.05) is 6.07 Å². The van der Waals surface area contributed by atoms with Crippen molar-refractivity contribution >= 4 is 17.6 Å². The summed E-state index contributed by atoms with van der Waals surface area (Å²) in [5, 5.41) is 3.77. The highest BCUT2D eigenvalue weighted by molar-refractivity contribution is 6.21. The van der Waals surface area contributed by atoms with Gasteiger partial charge in [-0.05, 0) is 19.3 Å². The number of hydrogen-bond donors (Lipinski definition) is 0. The highest BCUT2D eigenvalue weighted by Crippen LogP contribution is 2.40. The highest BCUT2D eigenvalue weighted by atomic mass is 16.5. The average Bonchev–Trinajstić information content (AvgIpc) is 2.84. The lowest BCUT2D eigenvalue weighted by Crippen LogP contribution is -2.31. The summed E-state index contributed by atoms with van der Waals surface area (Å²) in [5.41, 5.74) is 0. The molecule has 18 heavy (non-hydrogen) atoms. The molecule has 1 fully saturated rings. The Morgan fingerprint density at radius 1 is 1.39 bits per heavy atom. The molecule has 1 aromatic rings. The molecule has 0 radical (unpaired) electrons. The Labute approximate surface area is 104 Å². The fourth-order valence-electron chi connectivity index (χ4n) is 2.83. The monoisotopic (exact) mass is 246 g/mol. The molecule has 3 atom stereocenters. The Balaban J connectivity index is 1.99. The number of amides is 2. The Bertz CT molecular complexity index is 546. The molecule has 0 saturated carbocycles. The van der Waals surface area contributed by atoms with Gasteiger partial charge < -0.3 is 4.52 Å². The molecule has 0 bridgehead atoms. The van der Waals surface area contributed by atoms with Gasteiger partial charge in [0.1, 0.15) is 5.76 Å². The molecule has 1 aliphatic carbocycles. The molecule has 3 rings (SSSR count). The second-order valence-corrected chi connectivity index (χ2v) is 4.96. The average molecular weight is 246 g/mol. The van der Waals surface area contributed by atoms with E-state index in [1.807, 2.05) is 19.1 Å². The van der Waals surface area contributed by atoms with Crippen LogP contribution in [0.25, 0.3) is 0 Å². The van der Waals surface area contributed by atoms with Crippen molar-refractivity contribution in [3.8, 4) is 0 Å². The first kappa shape index (κ1) is 11.2. The van der Waals surface area contributed by atoms with Crippen molar-refractivity contribution in [1.82, 2.24) is 5.16 Å². The lowest BCUT2D eigenvalue weighted by molar-refractivity contribution is -0.122. The minimum Gasteiger partial charge on any atom is -0.360 e. The maximum absolute atomic E-state index is 12.4. The van der Waals surface area contributed by atoms with Crippen molar-refractivity contribution in [1.29, 1.82) is 0 Å². The van der Waals surface area contributed by atoms with Crippen LogP contribution in [0.1, 0.15) is 19.1 Å². The van der Waals surface area contributed by atoms with Gasteiger partial charge in [-0.3, -0.25) is 9.59 Å². The third-order valence-corrected chi connectivity index (χ3v) is 3.72. The van der Waals surface area contributed by atoms with Gasteiger partial charge in [-0.1, -0.05) is 24.2 Å². The summed E-state index contributed by atoms with van der Waals surface area (Å²) in [6, 6.07) is 1.62. The number of fused-ring (bicyclic) bond motifs is 1. The molecule has 2 heterocycles.